The van der Waals surface area contributed by atoms with Gasteiger partial charge in [-0.25, -0.2) is 4.39 Å². The quantitative estimate of drug-likeness (QED) is 0.846. The molecule has 2 nitrogen and oxygen atoms in total. The lowest BCUT2D eigenvalue weighted by molar-refractivity contribution is 0.446. The molecular formula is C12H12BrF2NO. The third kappa shape index (κ3) is 1.87. The van der Waals surface area contributed by atoms with Crippen molar-refractivity contribution in [2.45, 2.75) is 19.9 Å². The second-order valence-corrected chi connectivity index (χ2v) is 4.81. The SMILES string of the molecule is CNC(C)c1oc2c(F)c(F)cc(Br)c2c1C. The van der Waals surface area contributed by atoms with Crippen molar-refractivity contribution >= 4 is 26.9 Å². The fraction of sp³-hybridized carbons (Fsp3) is 0.333. The molecule has 17 heavy (non-hydrogen) atoms. The van der Waals surface area contributed by atoms with Gasteiger partial charge in [-0.3, -0.25) is 0 Å². The fourth-order valence-corrected chi connectivity index (χ4v) is 2.55. The summed E-state index contributed by atoms with van der Waals surface area (Å²) in [5.41, 5.74) is 0.777. The van der Waals surface area contributed by atoms with Gasteiger partial charge in [-0.05, 0) is 42.9 Å². The van der Waals surface area contributed by atoms with Crippen molar-refractivity contribution in [2.75, 3.05) is 7.05 Å². The van der Waals surface area contributed by atoms with Crippen molar-refractivity contribution in [3.63, 3.8) is 0 Å². The monoisotopic (exact) mass is 303 g/mol. The van der Waals surface area contributed by atoms with Gasteiger partial charge in [0.05, 0.1) is 6.04 Å². The molecule has 1 aromatic carbocycles. The Morgan fingerprint density at radius 2 is 2.06 bits per heavy atom. The molecular weight excluding hydrogens is 292 g/mol. The van der Waals surface area contributed by atoms with E-state index in [1.807, 2.05) is 13.8 Å². The summed E-state index contributed by atoms with van der Waals surface area (Å²) in [7, 11) is 1.78. The standard InChI is InChI=1S/C12H12BrF2NO/c1-5-9-7(13)4-8(14)10(15)12(9)17-11(5)6(2)16-3/h4,6,16H,1-3H3. The van der Waals surface area contributed by atoms with E-state index in [-0.39, 0.29) is 11.6 Å². The molecule has 0 saturated carbocycles. The first-order valence-corrected chi connectivity index (χ1v) is 6.00. The molecule has 0 spiro atoms. The Hall–Kier alpha value is -0.940. The highest BCUT2D eigenvalue weighted by Crippen LogP contribution is 2.36. The maximum atomic E-state index is 13.6. The van der Waals surface area contributed by atoms with Gasteiger partial charge in [-0.15, -0.1) is 0 Å². The van der Waals surface area contributed by atoms with E-state index in [2.05, 4.69) is 21.2 Å². The zero-order valence-electron chi connectivity index (χ0n) is 9.70. The largest absolute Gasteiger partial charge is 0.456 e. The zero-order valence-corrected chi connectivity index (χ0v) is 11.3. The van der Waals surface area contributed by atoms with Crippen molar-refractivity contribution < 1.29 is 13.2 Å². The maximum absolute atomic E-state index is 13.6. The van der Waals surface area contributed by atoms with E-state index in [0.717, 1.165) is 11.6 Å². The molecule has 0 aliphatic heterocycles. The number of hydrogen-bond acceptors (Lipinski definition) is 2. The first kappa shape index (κ1) is 12.5. The van der Waals surface area contributed by atoms with Crippen LogP contribution in [0.1, 0.15) is 24.3 Å². The Balaban J connectivity index is 2.82. The average Bonchev–Trinajstić information content (AvgIpc) is 2.64. The van der Waals surface area contributed by atoms with Crippen molar-refractivity contribution in [3.8, 4) is 0 Å². The van der Waals surface area contributed by atoms with Gasteiger partial charge in [0, 0.05) is 15.4 Å². The number of furan rings is 1. The lowest BCUT2D eigenvalue weighted by atomic mass is 10.1. The zero-order chi connectivity index (χ0) is 12.7. The van der Waals surface area contributed by atoms with Crippen LogP contribution in [0, 0.1) is 18.6 Å². The number of rotatable bonds is 2. The van der Waals surface area contributed by atoms with Gasteiger partial charge in [0.1, 0.15) is 5.76 Å². The first-order valence-electron chi connectivity index (χ1n) is 5.21. The Morgan fingerprint density at radius 3 is 2.65 bits per heavy atom. The molecule has 1 aromatic heterocycles. The number of nitrogens with one attached hydrogen (secondary N) is 1. The predicted molar refractivity (Wildman–Crippen MR) is 66.0 cm³/mol. The molecule has 92 valence electrons. The molecule has 0 saturated heterocycles. The Kier molecular flexibility index (Phi) is 3.23. The van der Waals surface area contributed by atoms with Crippen LogP contribution in [0.25, 0.3) is 11.0 Å². The van der Waals surface area contributed by atoms with Gasteiger partial charge in [-0.1, -0.05) is 0 Å². The van der Waals surface area contributed by atoms with Gasteiger partial charge in [0.25, 0.3) is 0 Å². The summed E-state index contributed by atoms with van der Waals surface area (Å²) in [6, 6.07) is 1.06. The molecule has 5 heteroatoms. The normalized spacial score (nSPS) is 13.3. The van der Waals surface area contributed by atoms with E-state index in [1.54, 1.807) is 7.05 Å². The van der Waals surface area contributed by atoms with Crippen LogP contribution < -0.4 is 5.32 Å². The van der Waals surface area contributed by atoms with Crippen molar-refractivity contribution in [1.82, 2.24) is 5.32 Å². The van der Waals surface area contributed by atoms with E-state index < -0.39 is 11.6 Å². The molecule has 2 rings (SSSR count). The average molecular weight is 304 g/mol. The lowest BCUT2D eigenvalue weighted by Gasteiger charge is -2.06. The summed E-state index contributed by atoms with van der Waals surface area (Å²) in [6.45, 7) is 3.73. The molecule has 1 N–H and O–H groups in total. The van der Waals surface area contributed by atoms with Crippen LogP contribution in [0.5, 0.6) is 0 Å². The van der Waals surface area contributed by atoms with E-state index in [0.29, 0.717) is 15.6 Å². The molecule has 0 aliphatic rings. The molecule has 1 unspecified atom stereocenters. The van der Waals surface area contributed by atoms with Gasteiger partial charge in [0.15, 0.2) is 11.4 Å². The van der Waals surface area contributed by atoms with Crippen LogP contribution in [0.15, 0.2) is 15.0 Å². The number of fused-ring (bicyclic) bond motifs is 1. The van der Waals surface area contributed by atoms with Crippen molar-refractivity contribution in [1.29, 1.82) is 0 Å². The second kappa shape index (κ2) is 4.38. The van der Waals surface area contributed by atoms with Crippen LogP contribution in [-0.2, 0) is 0 Å². The van der Waals surface area contributed by atoms with Crippen LogP contribution in [0.4, 0.5) is 8.78 Å². The molecule has 0 bridgehead atoms. The third-order valence-corrected chi connectivity index (χ3v) is 3.54. The van der Waals surface area contributed by atoms with Gasteiger partial charge >= 0.3 is 0 Å². The van der Waals surface area contributed by atoms with Crippen LogP contribution in [0.3, 0.4) is 0 Å². The molecule has 1 atom stereocenters. The van der Waals surface area contributed by atoms with Crippen LogP contribution in [-0.4, -0.2) is 7.05 Å². The highest BCUT2D eigenvalue weighted by molar-refractivity contribution is 9.10. The second-order valence-electron chi connectivity index (χ2n) is 3.96. The van der Waals surface area contributed by atoms with E-state index >= 15 is 0 Å². The minimum absolute atomic E-state index is 0.0357. The van der Waals surface area contributed by atoms with E-state index in [9.17, 15) is 8.78 Å². The van der Waals surface area contributed by atoms with Crippen LogP contribution in [0.2, 0.25) is 0 Å². The summed E-state index contributed by atoms with van der Waals surface area (Å²) < 4.78 is 32.8. The molecule has 0 fully saturated rings. The summed E-state index contributed by atoms with van der Waals surface area (Å²) in [6.07, 6.45) is 0. The van der Waals surface area contributed by atoms with Gasteiger partial charge in [0.2, 0.25) is 5.82 Å². The summed E-state index contributed by atoms with van der Waals surface area (Å²) in [5.74, 6) is -1.24. The smallest absolute Gasteiger partial charge is 0.201 e. The molecule has 0 aliphatic carbocycles. The Labute approximate surface area is 106 Å². The van der Waals surface area contributed by atoms with E-state index in [4.69, 9.17) is 4.42 Å². The summed E-state index contributed by atoms with van der Waals surface area (Å²) in [5, 5.41) is 3.60. The Morgan fingerprint density at radius 1 is 1.41 bits per heavy atom. The fourth-order valence-electron chi connectivity index (χ4n) is 1.87. The van der Waals surface area contributed by atoms with Crippen molar-refractivity contribution in [3.05, 3.63) is 33.5 Å². The lowest BCUT2D eigenvalue weighted by Crippen LogP contribution is -2.12. The predicted octanol–water partition coefficient (Wildman–Crippen LogP) is 4.06. The first-order chi connectivity index (χ1) is 7.97. The van der Waals surface area contributed by atoms with Crippen LogP contribution >= 0.6 is 15.9 Å². The number of benzene rings is 1. The summed E-state index contributed by atoms with van der Waals surface area (Å²) in [4.78, 5) is 0. The minimum Gasteiger partial charge on any atom is -0.456 e. The van der Waals surface area contributed by atoms with E-state index in [1.165, 1.54) is 0 Å². The van der Waals surface area contributed by atoms with Crippen molar-refractivity contribution in [2.24, 2.45) is 0 Å². The molecule has 1 heterocycles. The number of aryl methyl sites for hydroxylation is 1. The highest BCUT2D eigenvalue weighted by Gasteiger charge is 2.22. The minimum atomic E-state index is -0.944. The topological polar surface area (TPSA) is 25.2 Å². The molecule has 0 amide bonds. The number of hydrogen-bond donors (Lipinski definition) is 1. The Bertz CT molecular complexity index is 580. The summed E-state index contributed by atoms with van der Waals surface area (Å²) >= 11 is 3.23. The number of halogens is 3. The molecule has 0 radical (unpaired) electrons. The highest BCUT2D eigenvalue weighted by atomic mass is 79.9. The third-order valence-electron chi connectivity index (χ3n) is 2.91. The maximum Gasteiger partial charge on any atom is 0.201 e. The molecule has 2 aromatic rings. The van der Waals surface area contributed by atoms with Gasteiger partial charge < -0.3 is 9.73 Å². The van der Waals surface area contributed by atoms with Gasteiger partial charge in [-0.2, -0.15) is 4.39 Å².